The molecule has 0 bridgehead atoms. The van der Waals surface area contributed by atoms with E-state index in [1.54, 1.807) is 0 Å². The quantitative estimate of drug-likeness (QED) is 0.779. The van der Waals surface area contributed by atoms with Crippen LogP contribution in [0.3, 0.4) is 0 Å². The lowest BCUT2D eigenvalue weighted by Gasteiger charge is -2.29. The van der Waals surface area contributed by atoms with Crippen molar-refractivity contribution in [1.29, 1.82) is 0 Å². The van der Waals surface area contributed by atoms with E-state index in [-0.39, 0.29) is 11.7 Å². The van der Waals surface area contributed by atoms with Gasteiger partial charge in [-0.25, -0.2) is 4.39 Å². The van der Waals surface area contributed by atoms with Crippen molar-refractivity contribution in [2.45, 2.75) is 39.7 Å². The Bertz CT molecular complexity index is 444. The number of hydrogen-bond donors (Lipinski definition) is 1. The molecular weight excluding hydrogens is 227 g/mol. The Morgan fingerprint density at radius 1 is 1.28 bits per heavy atom. The van der Waals surface area contributed by atoms with Gasteiger partial charge in [0.2, 0.25) is 0 Å². The van der Waals surface area contributed by atoms with Crippen molar-refractivity contribution in [3.63, 3.8) is 0 Å². The summed E-state index contributed by atoms with van der Waals surface area (Å²) in [5, 5.41) is 10.4. The molecule has 1 aliphatic carbocycles. The highest BCUT2D eigenvalue weighted by atomic mass is 19.1. The monoisotopic (exact) mass is 248 g/mol. The van der Waals surface area contributed by atoms with E-state index >= 15 is 0 Å². The van der Waals surface area contributed by atoms with Gasteiger partial charge in [0.15, 0.2) is 0 Å². The first kappa shape index (κ1) is 13.3. The van der Waals surface area contributed by atoms with E-state index in [1.807, 2.05) is 13.0 Å². The van der Waals surface area contributed by atoms with Crippen molar-refractivity contribution >= 4 is 0 Å². The standard InChI is InChI=1S/C16H21FO/c1-10-4-11(2)6-13(5-10)16(18)14-7-12(3)8-15(17)9-14/h4,7-10,13,16,18H,5-6H2,1-3H3. The Hall–Kier alpha value is -1.15. The molecule has 2 heteroatoms. The molecule has 0 amide bonds. The first-order valence-electron chi connectivity index (χ1n) is 6.58. The smallest absolute Gasteiger partial charge is 0.123 e. The van der Waals surface area contributed by atoms with Crippen molar-refractivity contribution in [2.75, 3.05) is 0 Å². The van der Waals surface area contributed by atoms with E-state index in [4.69, 9.17) is 0 Å². The molecule has 1 aromatic carbocycles. The van der Waals surface area contributed by atoms with Crippen LogP contribution >= 0.6 is 0 Å². The number of aliphatic hydroxyl groups excluding tert-OH is 1. The first-order valence-corrected chi connectivity index (χ1v) is 6.58. The highest BCUT2D eigenvalue weighted by Gasteiger charge is 2.26. The molecule has 3 atom stereocenters. The molecule has 0 heterocycles. The topological polar surface area (TPSA) is 20.2 Å². The van der Waals surface area contributed by atoms with Gasteiger partial charge >= 0.3 is 0 Å². The van der Waals surface area contributed by atoms with Crippen molar-refractivity contribution in [3.05, 3.63) is 46.8 Å². The molecule has 0 saturated carbocycles. The Morgan fingerprint density at radius 3 is 2.61 bits per heavy atom. The summed E-state index contributed by atoms with van der Waals surface area (Å²) in [6, 6.07) is 4.83. The minimum atomic E-state index is -0.564. The predicted molar refractivity (Wildman–Crippen MR) is 71.7 cm³/mol. The van der Waals surface area contributed by atoms with Gasteiger partial charge in [-0.15, -0.1) is 0 Å². The van der Waals surface area contributed by atoms with Crippen LogP contribution in [0.25, 0.3) is 0 Å². The zero-order chi connectivity index (χ0) is 13.3. The fraction of sp³-hybridized carbons (Fsp3) is 0.500. The summed E-state index contributed by atoms with van der Waals surface area (Å²) >= 11 is 0. The molecule has 1 nitrogen and oxygen atoms in total. The van der Waals surface area contributed by atoms with Crippen LogP contribution < -0.4 is 0 Å². The van der Waals surface area contributed by atoms with Crippen molar-refractivity contribution in [1.82, 2.24) is 0 Å². The third-order valence-corrected chi connectivity index (χ3v) is 3.68. The van der Waals surface area contributed by atoms with Crippen LogP contribution in [-0.4, -0.2) is 5.11 Å². The second-order valence-electron chi connectivity index (χ2n) is 5.70. The molecule has 98 valence electrons. The van der Waals surface area contributed by atoms with E-state index in [2.05, 4.69) is 19.9 Å². The van der Waals surface area contributed by atoms with Crippen LogP contribution in [0.15, 0.2) is 29.8 Å². The average Bonchev–Trinajstić information content (AvgIpc) is 2.25. The fourth-order valence-corrected chi connectivity index (χ4v) is 3.04. The maximum atomic E-state index is 13.4. The summed E-state index contributed by atoms with van der Waals surface area (Å²) in [7, 11) is 0. The highest BCUT2D eigenvalue weighted by Crippen LogP contribution is 2.36. The van der Waals surface area contributed by atoms with Crippen LogP contribution in [0.5, 0.6) is 0 Å². The molecule has 1 aromatic rings. The molecule has 0 aliphatic heterocycles. The van der Waals surface area contributed by atoms with E-state index in [0.717, 1.165) is 18.4 Å². The number of aliphatic hydroxyl groups is 1. The summed E-state index contributed by atoms with van der Waals surface area (Å²) in [5.74, 6) is 0.430. The Kier molecular flexibility index (Phi) is 3.86. The number of hydrogen-bond acceptors (Lipinski definition) is 1. The van der Waals surface area contributed by atoms with E-state index in [9.17, 15) is 9.50 Å². The van der Waals surface area contributed by atoms with Gasteiger partial charge in [0.25, 0.3) is 0 Å². The van der Waals surface area contributed by atoms with Gasteiger partial charge in [-0.2, -0.15) is 0 Å². The lowest BCUT2D eigenvalue weighted by atomic mass is 9.78. The van der Waals surface area contributed by atoms with E-state index in [1.165, 1.54) is 17.7 Å². The van der Waals surface area contributed by atoms with Gasteiger partial charge in [-0.1, -0.05) is 24.6 Å². The number of aryl methyl sites for hydroxylation is 1. The molecule has 0 aromatic heterocycles. The number of benzene rings is 1. The van der Waals surface area contributed by atoms with Crippen LogP contribution in [0.2, 0.25) is 0 Å². The molecule has 0 fully saturated rings. The number of allylic oxidation sites excluding steroid dienone is 2. The molecule has 1 aliphatic rings. The summed E-state index contributed by atoms with van der Waals surface area (Å²) in [5.41, 5.74) is 2.89. The maximum absolute atomic E-state index is 13.4. The zero-order valence-electron chi connectivity index (χ0n) is 11.3. The molecule has 18 heavy (non-hydrogen) atoms. The van der Waals surface area contributed by atoms with Crippen LogP contribution in [0.4, 0.5) is 4.39 Å². The van der Waals surface area contributed by atoms with E-state index < -0.39 is 6.10 Å². The second kappa shape index (κ2) is 5.23. The Balaban J connectivity index is 2.21. The normalized spacial score (nSPS) is 25.7. The lowest BCUT2D eigenvalue weighted by molar-refractivity contribution is 0.0929. The number of halogens is 1. The van der Waals surface area contributed by atoms with E-state index in [0.29, 0.717) is 11.5 Å². The largest absolute Gasteiger partial charge is 0.388 e. The van der Waals surface area contributed by atoms with Crippen molar-refractivity contribution in [2.24, 2.45) is 11.8 Å². The predicted octanol–water partition coefficient (Wildman–Crippen LogP) is 4.16. The summed E-state index contributed by atoms with van der Waals surface area (Å²) in [4.78, 5) is 0. The zero-order valence-corrected chi connectivity index (χ0v) is 11.3. The first-order chi connectivity index (χ1) is 8.45. The van der Waals surface area contributed by atoms with Crippen LogP contribution in [0, 0.1) is 24.6 Å². The fourth-order valence-electron chi connectivity index (χ4n) is 3.04. The lowest BCUT2D eigenvalue weighted by Crippen LogP contribution is -2.19. The van der Waals surface area contributed by atoms with Crippen LogP contribution in [0.1, 0.15) is 43.9 Å². The van der Waals surface area contributed by atoms with Gasteiger partial charge in [-0.05, 0) is 61.8 Å². The third-order valence-electron chi connectivity index (χ3n) is 3.68. The Labute approximate surface area is 108 Å². The summed E-state index contributed by atoms with van der Waals surface area (Å²) < 4.78 is 13.4. The van der Waals surface area contributed by atoms with Gasteiger partial charge in [0.05, 0.1) is 6.10 Å². The molecule has 0 saturated heterocycles. The van der Waals surface area contributed by atoms with Crippen molar-refractivity contribution in [3.8, 4) is 0 Å². The van der Waals surface area contributed by atoms with Crippen molar-refractivity contribution < 1.29 is 9.50 Å². The molecule has 0 radical (unpaired) electrons. The maximum Gasteiger partial charge on any atom is 0.123 e. The second-order valence-corrected chi connectivity index (χ2v) is 5.70. The SMILES string of the molecule is CC1=CC(C)CC(C(O)c2cc(C)cc(F)c2)C1. The summed E-state index contributed by atoms with van der Waals surface area (Å²) in [6.07, 6.45) is 3.57. The molecule has 1 N–H and O–H groups in total. The molecule has 3 unspecified atom stereocenters. The average molecular weight is 248 g/mol. The Morgan fingerprint density at radius 2 is 2.00 bits per heavy atom. The minimum Gasteiger partial charge on any atom is -0.388 e. The molecule has 0 spiro atoms. The minimum absolute atomic E-state index is 0.200. The molecular formula is C16H21FO. The van der Waals surface area contributed by atoms with Gasteiger partial charge < -0.3 is 5.11 Å². The van der Waals surface area contributed by atoms with Gasteiger partial charge in [0, 0.05) is 0 Å². The highest BCUT2D eigenvalue weighted by molar-refractivity contribution is 5.26. The molecule has 2 rings (SSSR count). The van der Waals surface area contributed by atoms with Crippen LogP contribution in [-0.2, 0) is 0 Å². The van der Waals surface area contributed by atoms with Gasteiger partial charge in [0.1, 0.15) is 5.82 Å². The van der Waals surface area contributed by atoms with Gasteiger partial charge in [-0.3, -0.25) is 0 Å². The number of rotatable bonds is 2. The third kappa shape index (κ3) is 2.99. The summed E-state index contributed by atoms with van der Waals surface area (Å²) in [6.45, 7) is 6.12.